The lowest BCUT2D eigenvalue weighted by molar-refractivity contribution is -0.135. The Morgan fingerprint density at radius 2 is 1.81 bits per heavy atom. The summed E-state index contributed by atoms with van der Waals surface area (Å²) in [6.45, 7) is 3.82. The molecular weight excluding hydrogens is 332 g/mol. The molecule has 0 aliphatic heterocycles. The molecule has 0 aliphatic carbocycles. The first-order valence-corrected chi connectivity index (χ1v) is 8.27. The molecule has 2 rings (SSSR count). The Morgan fingerprint density at radius 1 is 1.04 bits per heavy atom. The van der Waals surface area contributed by atoms with Crippen LogP contribution in [0.15, 0.2) is 42.5 Å². The van der Waals surface area contributed by atoms with Crippen molar-refractivity contribution in [2.24, 2.45) is 0 Å². The lowest BCUT2D eigenvalue weighted by Gasteiger charge is -2.17. The zero-order valence-corrected chi connectivity index (χ0v) is 15.5. The third kappa shape index (κ3) is 5.51. The van der Waals surface area contributed by atoms with E-state index in [1.165, 1.54) is 4.90 Å². The van der Waals surface area contributed by atoms with Crippen molar-refractivity contribution >= 4 is 17.5 Å². The van der Waals surface area contributed by atoms with Crippen molar-refractivity contribution in [3.63, 3.8) is 0 Å². The molecule has 0 saturated carbocycles. The lowest BCUT2D eigenvalue weighted by atomic mass is 10.1. The largest absolute Gasteiger partial charge is 0.497 e. The first kappa shape index (κ1) is 19.3. The van der Waals surface area contributed by atoms with Crippen molar-refractivity contribution in [1.82, 2.24) is 4.90 Å². The van der Waals surface area contributed by atoms with Gasteiger partial charge >= 0.3 is 0 Å². The van der Waals surface area contributed by atoms with Crippen molar-refractivity contribution in [1.29, 1.82) is 0 Å². The van der Waals surface area contributed by atoms with Crippen LogP contribution in [0.5, 0.6) is 11.5 Å². The van der Waals surface area contributed by atoms with Gasteiger partial charge in [0.25, 0.3) is 5.91 Å². The molecule has 2 aromatic rings. The van der Waals surface area contributed by atoms with Crippen LogP contribution >= 0.6 is 0 Å². The fourth-order valence-electron chi connectivity index (χ4n) is 2.26. The zero-order valence-electron chi connectivity index (χ0n) is 15.5. The number of nitrogens with one attached hydrogen (secondary N) is 1. The number of anilines is 1. The third-order valence-corrected chi connectivity index (χ3v) is 4.00. The molecule has 0 spiro atoms. The smallest absolute Gasteiger partial charge is 0.260 e. The fraction of sp³-hybridized carbons (Fsp3) is 0.300. The number of benzene rings is 2. The number of amides is 2. The van der Waals surface area contributed by atoms with Crippen LogP contribution in [0.3, 0.4) is 0 Å². The summed E-state index contributed by atoms with van der Waals surface area (Å²) in [6, 6.07) is 12.7. The second-order valence-electron chi connectivity index (χ2n) is 6.06. The van der Waals surface area contributed by atoms with Gasteiger partial charge in [-0.2, -0.15) is 0 Å². The minimum absolute atomic E-state index is 0.0632. The number of methoxy groups -OCH3 is 1. The summed E-state index contributed by atoms with van der Waals surface area (Å²) in [6.07, 6.45) is 0. The molecule has 6 heteroatoms. The van der Waals surface area contributed by atoms with Crippen LogP contribution in [0.1, 0.15) is 11.1 Å². The maximum Gasteiger partial charge on any atom is 0.260 e. The highest BCUT2D eigenvalue weighted by molar-refractivity contribution is 5.94. The van der Waals surface area contributed by atoms with Gasteiger partial charge in [-0.25, -0.2) is 0 Å². The molecule has 0 atom stereocenters. The number of rotatable bonds is 7. The Balaban J connectivity index is 1.83. The van der Waals surface area contributed by atoms with Gasteiger partial charge in [0.05, 0.1) is 13.7 Å². The maximum absolute atomic E-state index is 12.2. The van der Waals surface area contributed by atoms with E-state index in [0.29, 0.717) is 17.2 Å². The standard InChI is InChI=1S/C20H24N2O4/c1-14-8-9-18(10-15(14)2)26-13-20(24)22(3)12-19(23)21-16-6-5-7-17(11-16)25-4/h5-11H,12-13H2,1-4H3,(H,21,23). The Labute approximate surface area is 153 Å². The monoisotopic (exact) mass is 356 g/mol. The van der Waals surface area contributed by atoms with E-state index in [0.717, 1.165) is 11.1 Å². The molecule has 1 N–H and O–H groups in total. The van der Waals surface area contributed by atoms with Gasteiger partial charge in [0.1, 0.15) is 11.5 Å². The molecule has 0 aromatic heterocycles. The Hall–Kier alpha value is -3.02. The van der Waals surface area contributed by atoms with Gasteiger partial charge in [-0.05, 0) is 49.2 Å². The Morgan fingerprint density at radius 3 is 2.50 bits per heavy atom. The molecule has 0 aliphatic rings. The lowest BCUT2D eigenvalue weighted by Crippen LogP contribution is -2.37. The molecule has 0 fully saturated rings. The fourth-order valence-corrected chi connectivity index (χ4v) is 2.26. The topological polar surface area (TPSA) is 67.9 Å². The summed E-state index contributed by atoms with van der Waals surface area (Å²) in [7, 11) is 3.13. The summed E-state index contributed by atoms with van der Waals surface area (Å²) < 4.78 is 10.6. The molecule has 138 valence electrons. The SMILES string of the molecule is COc1cccc(NC(=O)CN(C)C(=O)COc2ccc(C)c(C)c2)c1. The predicted octanol–water partition coefficient (Wildman–Crippen LogP) is 2.79. The van der Waals surface area contributed by atoms with Crippen LogP contribution in [-0.2, 0) is 9.59 Å². The quantitative estimate of drug-likeness (QED) is 0.828. The van der Waals surface area contributed by atoms with Gasteiger partial charge in [-0.1, -0.05) is 12.1 Å². The maximum atomic E-state index is 12.2. The molecular formula is C20H24N2O4. The summed E-state index contributed by atoms with van der Waals surface area (Å²) in [4.78, 5) is 25.6. The predicted molar refractivity (Wildman–Crippen MR) is 101 cm³/mol. The minimum atomic E-state index is -0.291. The van der Waals surface area contributed by atoms with Gasteiger partial charge in [0.2, 0.25) is 5.91 Å². The molecule has 0 bridgehead atoms. The van der Waals surface area contributed by atoms with Crippen molar-refractivity contribution < 1.29 is 19.1 Å². The van der Waals surface area contributed by atoms with E-state index in [9.17, 15) is 9.59 Å². The second kappa shape index (κ2) is 8.89. The van der Waals surface area contributed by atoms with Crippen LogP contribution in [0, 0.1) is 13.8 Å². The number of ether oxygens (including phenoxy) is 2. The summed E-state index contributed by atoms with van der Waals surface area (Å²) in [5, 5.41) is 2.74. The highest BCUT2D eigenvalue weighted by Gasteiger charge is 2.14. The second-order valence-corrected chi connectivity index (χ2v) is 6.06. The van der Waals surface area contributed by atoms with Gasteiger partial charge < -0.3 is 19.7 Å². The van der Waals surface area contributed by atoms with Gasteiger partial charge in [0.15, 0.2) is 6.61 Å². The van der Waals surface area contributed by atoms with Gasteiger partial charge in [0, 0.05) is 18.8 Å². The molecule has 0 radical (unpaired) electrons. The van der Waals surface area contributed by atoms with E-state index in [1.807, 2.05) is 32.0 Å². The van der Waals surface area contributed by atoms with Crippen LogP contribution < -0.4 is 14.8 Å². The average molecular weight is 356 g/mol. The van der Waals surface area contributed by atoms with E-state index < -0.39 is 0 Å². The minimum Gasteiger partial charge on any atom is -0.497 e. The van der Waals surface area contributed by atoms with Crippen molar-refractivity contribution in [3.05, 3.63) is 53.6 Å². The summed E-state index contributed by atoms with van der Waals surface area (Å²) >= 11 is 0. The van der Waals surface area contributed by atoms with E-state index >= 15 is 0 Å². The van der Waals surface area contributed by atoms with Crippen molar-refractivity contribution in [2.45, 2.75) is 13.8 Å². The molecule has 0 unspecified atom stereocenters. The molecule has 0 heterocycles. The van der Waals surface area contributed by atoms with Crippen molar-refractivity contribution in [2.75, 3.05) is 32.6 Å². The first-order valence-electron chi connectivity index (χ1n) is 8.27. The third-order valence-electron chi connectivity index (χ3n) is 4.00. The van der Waals surface area contributed by atoms with E-state index in [2.05, 4.69) is 5.32 Å². The van der Waals surface area contributed by atoms with Crippen LogP contribution in [-0.4, -0.2) is 44.0 Å². The molecule has 26 heavy (non-hydrogen) atoms. The van der Waals surface area contributed by atoms with E-state index in [1.54, 1.807) is 38.4 Å². The normalized spacial score (nSPS) is 10.2. The number of carbonyl (C=O) groups excluding carboxylic acids is 2. The number of nitrogens with zero attached hydrogens (tertiary/aromatic N) is 1. The van der Waals surface area contributed by atoms with Crippen LogP contribution in [0.4, 0.5) is 5.69 Å². The number of likely N-dealkylation sites (N-methyl/N-ethyl adjacent to an activating group) is 1. The molecule has 2 aromatic carbocycles. The highest BCUT2D eigenvalue weighted by Crippen LogP contribution is 2.17. The Bertz CT molecular complexity index is 789. The van der Waals surface area contributed by atoms with E-state index in [4.69, 9.17) is 9.47 Å². The number of hydrogen-bond acceptors (Lipinski definition) is 4. The number of hydrogen-bond donors (Lipinski definition) is 1. The van der Waals surface area contributed by atoms with Crippen molar-refractivity contribution in [3.8, 4) is 11.5 Å². The van der Waals surface area contributed by atoms with Gasteiger partial charge in [-0.15, -0.1) is 0 Å². The molecule has 6 nitrogen and oxygen atoms in total. The Kier molecular flexibility index (Phi) is 6.60. The molecule has 0 saturated heterocycles. The van der Waals surface area contributed by atoms with Crippen LogP contribution in [0.25, 0.3) is 0 Å². The summed E-state index contributed by atoms with van der Waals surface area (Å²) in [5.41, 5.74) is 2.87. The number of aryl methyl sites for hydroxylation is 2. The van der Waals surface area contributed by atoms with Gasteiger partial charge in [-0.3, -0.25) is 9.59 Å². The van der Waals surface area contributed by atoms with Crippen LogP contribution in [0.2, 0.25) is 0 Å². The highest BCUT2D eigenvalue weighted by atomic mass is 16.5. The van der Waals surface area contributed by atoms with E-state index in [-0.39, 0.29) is 25.0 Å². The summed E-state index contributed by atoms with van der Waals surface area (Å²) in [5.74, 6) is 0.717. The average Bonchev–Trinajstić information content (AvgIpc) is 2.62. The first-order chi connectivity index (χ1) is 12.4. The zero-order chi connectivity index (χ0) is 19.1. The molecule has 2 amide bonds. The number of carbonyl (C=O) groups is 2.